The van der Waals surface area contributed by atoms with Crippen LogP contribution in [0.25, 0.3) is 10.8 Å². The summed E-state index contributed by atoms with van der Waals surface area (Å²) in [5.74, 6) is -2.51. The summed E-state index contributed by atoms with van der Waals surface area (Å²) in [7, 11) is 1.59. The van der Waals surface area contributed by atoms with Crippen LogP contribution in [0.3, 0.4) is 0 Å². The molecule has 8 aromatic rings. The van der Waals surface area contributed by atoms with Gasteiger partial charge in [-0.2, -0.15) is 0 Å². The van der Waals surface area contributed by atoms with E-state index in [2.05, 4.69) is 0 Å². The van der Waals surface area contributed by atoms with Gasteiger partial charge in [0, 0.05) is 50.9 Å². The summed E-state index contributed by atoms with van der Waals surface area (Å²) in [6.45, 7) is 0. The Labute approximate surface area is 431 Å². The van der Waals surface area contributed by atoms with Gasteiger partial charge in [0.1, 0.15) is 71.7 Å². The van der Waals surface area contributed by atoms with Gasteiger partial charge in [0.15, 0.2) is 41.3 Å². The summed E-state index contributed by atoms with van der Waals surface area (Å²) < 4.78 is 4.90. The monoisotopic (exact) mass is 1040 g/mol. The summed E-state index contributed by atoms with van der Waals surface area (Å²) in [6, 6.07) is 36.6. The molecule has 0 heterocycles. The minimum Gasteiger partial charge on any atom is -0.508 e. The lowest BCUT2D eigenvalue weighted by molar-refractivity contribution is 0.111. The SMILES string of the molecule is COc1ccc(C=O)cc1.CSc1ccc(C=O)cc1.O=Cc1c(O)cc(O)cc1O.O=Cc1cc(O)c(O)c(O)c1.O=Cc1ccc(O)c(O)c1.O=Cc1ccc(O)cc1O.O=Cc1ccc2cc(O)ccc2c1. The summed E-state index contributed by atoms with van der Waals surface area (Å²) in [4.78, 5) is 72.5. The highest BCUT2D eigenvalue weighted by atomic mass is 32.2. The van der Waals surface area contributed by atoms with Crippen LogP contribution in [0.15, 0.2) is 150 Å². The normalized spacial score (nSPS) is 9.41. The van der Waals surface area contributed by atoms with Gasteiger partial charge >= 0.3 is 0 Å². The Kier molecular flexibility index (Phi) is 25.8. The number of rotatable bonds is 9. The highest BCUT2D eigenvalue weighted by Gasteiger charge is 2.08. The predicted molar refractivity (Wildman–Crippen MR) is 277 cm³/mol. The van der Waals surface area contributed by atoms with Gasteiger partial charge in [-0.25, -0.2) is 0 Å². The van der Waals surface area contributed by atoms with Gasteiger partial charge in [-0.1, -0.05) is 30.3 Å². The van der Waals surface area contributed by atoms with E-state index in [1.54, 1.807) is 73.5 Å². The minimum atomic E-state index is -0.615. The number of fused-ring (bicyclic) bond motifs is 1. The molecule has 0 aromatic heterocycles. The number of phenols is 11. The fourth-order valence-corrected chi connectivity index (χ4v) is 5.77. The zero-order chi connectivity index (χ0) is 56.0. The van der Waals surface area contributed by atoms with Crippen LogP contribution in [0, 0.1) is 0 Å². The Morgan fingerprint density at radius 1 is 0.347 bits per heavy atom. The van der Waals surface area contributed by atoms with Crippen molar-refractivity contribution in [3.63, 3.8) is 0 Å². The summed E-state index contributed by atoms with van der Waals surface area (Å²) in [6.07, 6.45) is 6.36. The van der Waals surface area contributed by atoms with Crippen LogP contribution < -0.4 is 4.74 Å². The van der Waals surface area contributed by atoms with Crippen LogP contribution in [0.2, 0.25) is 0 Å². The van der Waals surface area contributed by atoms with Gasteiger partial charge in [-0.15, -0.1) is 11.8 Å². The Morgan fingerprint density at radius 3 is 1.24 bits per heavy atom. The molecule has 0 saturated carbocycles. The zero-order valence-corrected chi connectivity index (χ0v) is 40.3. The number of hydrogen-bond acceptors (Lipinski definition) is 20. The largest absolute Gasteiger partial charge is 0.508 e. The molecule has 19 nitrogen and oxygen atoms in total. The molecular formula is C55H48O19S. The lowest BCUT2D eigenvalue weighted by Gasteiger charge is -2.00. The molecule has 0 radical (unpaired) electrons. The Balaban J connectivity index is 0.000000300. The first-order chi connectivity index (χ1) is 35.8. The lowest BCUT2D eigenvalue weighted by Crippen LogP contribution is -1.82. The molecule has 0 saturated heterocycles. The maximum atomic E-state index is 10.5. The summed E-state index contributed by atoms with van der Waals surface area (Å²) in [5.41, 5.74) is 2.46. The van der Waals surface area contributed by atoms with Crippen molar-refractivity contribution in [2.75, 3.05) is 13.4 Å². The minimum absolute atomic E-state index is 0.0527. The number of carbonyl (C=O) groups is 7. The van der Waals surface area contributed by atoms with Crippen molar-refractivity contribution in [3.05, 3.63) is 185 Å². The molecule has 0 unspecified atom stereocenters. The molecule has 0 spiro atoms. The third-order valence-electron chi connectivity index (χ3n) is 9.23. The number of aromatic hydroxyl groups is 11. The number of ether oxygens (including phenoxy) is 1. The van der Waals surface area contributed by atoms with Crippen molar-refractivity contribution < 1.29 is 94.5 Å². The molecule has 8 aromatic carbocycles. The number of aldehydes is 7. The van der Waals surface area contributed by atoms with Crippen LogP contribution in [-0.2, 0) is 0 Å². The summed E-state index contributed by atoms with van der Waals surface area (Å²) in [5, 5.41) is 99.5. The molecule has 0 aliphatic carbocycles. The number of thioether (sulfide) groups is 1. The molecule has 20 heteroatoms. The van der Waals surface area contributed by atoms with Crippen LogP contribution in [0.5, 0.6) is 69.0 Å². The molecular weight excluding hydrogens is 997 g/mol. The van der Waals surface area contributed by atoms with Crippen molar-refractivity contribution in [3.8, 4) is 69.0 Å². The number of benzene rings is 8. The van der Waals surface area contributed by atoms with Gasteiger partial charge in [0.2, 0.25) is 0 Å². The van der Waals surface area contributed by atoms with Crippen LogP contribution >= 0.6 is 11.8 Å². The number of carbonyl (C=O) groups excluding carboxylic acids is 7. The fourth-order valence-electron chi connectivity index (χ4n) is 5.36. The molecule has 0 aliphatic heterocycles. The molecule has 0 fully saturated rings. The van der Waals surface area contributed by atoms with E-state index in [9.17, 15) is 38.7 Å². The quantitative estimate of drug-likeness (QED) is 0.0364. The average Bonchev–Trinajstić information content (AvgIpc) is 3.41. The van der Waals surface area contributed by atoms with Crippen molar-refractivity contribution in [1.29, 1.82) is 0 Å². The van der Waals surface area contributed by atoms with Crippen LogP contribution in [-0.4, -0.2) is 114 Å². The maximum Gasteiger partial charge on any atom is 0.200 e. The molecule has 0 aliphatic rings. The molecule has 0 bridgehead atoms. The first-order valence-corrected chi connectivity index (χ1v) is 22.2. The Bertz CT molecular complexity index is 3080. The van der Waals surface area contributed by atoms with E-state index in [0.29, 0.717) is 41.8 Å². The van der Waals surface area contributed by atoms with Crippen LogP contribution in [0.1, 0.15) is 72.5 Å². The third-order valence-corrected chi connectivity index (χ3v) is 9.97. The van der Waals surface area contributed by atoms with E-state index >= 15 is 0 Å². The molecule has 0 atom stereocenters. The van der Waals surface area contributed by atoms with Gasteiger partial charge in [0.25, 0.3) is 0 Å². The van der Waals surface area contributed by atoms with Crippen molar-refractivity contribution in [1.82, 2.24) is 0 Å². The van der Waals surface area contributed by atoms with Gasteiger partial charge in [0.05, 0.1) is 18.2 Å². The number of methoxy groups -OCH3 is 1. The first-order valence-electron chi connectivity index (χ1n) is 21.0. The standard InChI is InChI=1S/C11H8O2.C8H8O2.C8H8OS.2C7H6O4.2C7H6O3/c12-7-8-1-2-10-6-11(13)4-3-9(10)5-8;2*1-10-8-4-2-7(6-9)3-5-8;8-3-5-6(10)1-4(9)2-7(5)11;8-3-4-1-5(9)7(11)6(10)2-4;8-4-5-1-2-6(9)3-7(5)10;8-4-5-1-2-6(9)7(10)3-5/h1-7,13H;2*2-6H,1H3;2*1-3,9-11H;2*1-4,9-10H. The van der Waals surface area contributed by atoms with E-state index in [0.717, 1.165) is 71.3 Å². The molecule has 11 N–H and O–H groups in total. The second-order valence-corrected chi connectivity index (χ2v) is 15.3. The summed E-state index contributed by atoms with van der Waals surface area (Å²) >= 11 is 1.67. The molecule has 75 heavy (non-hydrogen) atoms. The van der Waals surface area contributed by atoms with Crippen molar-refractivity contribution in [2.45, 2.75) is 4.90 Å². The second kappa shape index (κ2) is 31.8. The molecule has 0 amide bonds. The smallest absolute Gasteiger partial charge is 0.200 e. The topological polar surface area (TPSA) is 351 Å². The van der Waals surface area contributed by atoms with E-state index in [4.69, 9.17) is 55.8 Å². The predicted octanol–water partition coefficient (Wildman–Crippen LogP) is 9.14. The van der Waals surface area contributed by atoms with Crippen molar-refractivity contribution in [2.24, 2.45) is 0 Å². The first kappa shape index (κ1) is 60.8. The fraction of sp³-hybridized carbons (Fsp3) is 0.0364. The van der Waals surface area contributed by atoms with Gasteiger partial charge in [-0.3, -0.25) is 33.6 Å². The maximum absolute atomic E-state index is 10.5. The molecule has 8 rings (SSSR count). The third kappa shape index (κ3) is 20.9. The van der Waals surface area contributed by atoms with E-state index in [-0.39, 0.29) is 51.2 Å². The average molecular weight is 1050 g/mol. The highest BCUT2D eigenvalue weighted by Crippen LogP contribution is 2.35. The lowest BCUT2D eigenvalue weighted by atomic mass is 10.1. The number of hydrogen-bond donors (Lipinski definition) is 11. The van der Waals surface area contributed by atoms with Crippen molar-refractivity contribution >= 4 is 66.5 Å². The zero-order valence-electron chi connectivity index (χ0n) is 39.5. The van der Waals surface area contributed by atoms with E-state index in [1.807, 2.05) is 36.6 Å². The van der Waals surface area contributed by atoms with E-state index < -0.39 is 28.7 Å². The Morgan fingerprint density at radius 2 is 0.773 bits per heavy atom. The second-order valence-electron chi connectivity index (χ2n) is 14.5. The van der Waals surface area contributed by atoms with Crippen LogP contribution in [0.4, 0.5) is 0 Å². The number of phenolic OH excluding ortho intramolecular Hbond substituents is 11. The highest BCUT2D eigenvalue weighted by molar-refractivity contribution is 7.98. The van der Waals surface area contributed by atoms with Gasteiger partial charge in [-0.05, 0) is 114 Å². The van der Waals surface area contributed by atoms with Gasteiger partial charge < -0.3 is 60.9 Å². The van der Waals surface area contributed by atoms with E-state index in [1.165, 1.54) is 35.2 Å². The Hall–Kier alpha value is -10.3. The molecule has 388 valence electrons.